The Hall–Kier alpha value is -1.71. The van der Waals surface area contributed by atoms with Crippen LogP contribution >= 0.6 is 0 Å². The van der Waals surface area contributed by atoms with Gasteiger partial charge in [-0.1, -0.05) is 42.5 Å². The highest BCUT2D eigenvalue weighted by Crippen LogP contribution is 2.07. The fourth-order valence-corrected chi connectivity index (χ4v) is 1.93. The van der Waals surface area contributed by atoms with Crippen molar-refractivity contribution in [2.24, 2.45) is 5.73 Å². The van der Waals surface area contributed by atoms with Gasteiger partial charge in [0.15, 0.2) is 0 Å². The molecule has 2 aromatic rings. The monoisotopic (exact) mass is 259 g/mol. The van der Waals surface area contributed by atoms with Crippen LogP contribution in [0.15, 0.2) is 54.6 Å². The van der Waals surface area contributed by atoms with E-state index in [1.807, 2.05) is 36.4 Å². The Morgan fingerprint density at radius 3 is 2.47 bits per heavy atom. The lowest BCUT2D eigenvalue weighted by Gasteiger charge is -2.12. The highest BCUT2D eigenvalue weighted by molar-refractivity contribution is 5.17. The second kappa shape index (κ2) is 7.02. The van der Waals surface area contributed by atoms with Gasteiger partial charge in [-0.2, -0.15) is 0 Å². The summed E-state index contributed by atoms with van der Waals surface area (Å²) in [6.07, 6.45) is 0.618. The Labute approximate surface area is 113 Å². The van der Waals surface area contributed by atoms with Crippen LogP contribution in [0.1, 0.15) is 11.1 Å². The number of halogens is 1. The van der Waals surface area contributed by atoms with Gasteiger partial charge in [-0.15, -0.1) is 0 Å². The first-order chi connectivity index (χ1) is 9.24. The van der Waals surface area contributed by atoms with Crippen molar-refractivity contribution in [3.05, 3.63) is 71.5 Å². The highest BCUT2D eigenvalue weighted by atomic mass is 19.1. The Morgan fingerprint density at radius 2 is 1.74 bits per heavy atom. The maximum Gasteiger partial charge on any atom is 0.123 e. The molecule has 2 nitrogen and oxygen atoms in total. The zero-order chi connectivity index (χ0) is 13.5. The van der Waals surface area contributed by atoms with E-state index >= 15 is 0 Å². The quantitative estimate of drug-likeness (QED) is 0.865. The van der Waals surface area contributed by atoms with Crippen molar-refractivity contribution >= 4 is 0 Å². The minimum absolute atomic E-state index is 0.120. The molecule has 0 radical (unpaired) electrons. The first kappa shape index (κ1) is 13.7. The highest BCUT2D eigenvalue weighted by Gasteiger charge is 2.05. The summed E-state index contributed by atoms with van der Waals surface area (Å²) in [4.78, 5) is 0. The van der Waals surface area contributed by atoms with E-state index in [2.05, 4.69) is 0 Å². The van der Waals surface area contributed by atoms with Crippen LogP contribution in [0.4, 0.5) is 4.39 Å². The van der Waals surface area contributed by atoms with Crippen molar-refractivity contribution < 1.29 is 9.13 Å². The molecule has 3 heteroatoms. The summed E-state index contributed by atoms with van der Waals surface area (Å²) in [7, 11) is 0. The summed E-state index contributed by atoms with van der Waals surface area (Å²) in [5.74, 6) is -0.227. The van der Waals surface area contributed by atoms with Crippen molar-refractivity contribution in [3.63, 3.8) is 0 Å². The van der Waals surface area contributed by atoms with Crippen LogP contribution in [0.3, 0.4) is 0 Å². The third-order valence-corrected chi connectivity index (χ3v) is 2.83. The zero-order valence-electron chi connectivity index (χ0n) is 10.8. The van der Waals surface area contributed by atoms with Crippen molar-refractivity contribution in [1.29, 1.82) is 0 Å². The summed E-state index contributed by atoms with van der Waals surface area (Å²) < 4.78 is 18.6. The molecule has 2 aromatic carbocycles. The lowest BCUT2D eigenvalue weighted by atomic mass is 10.1. The zero-order valence-corrected chi connectivity index (χ0v) is 10.8. The lowest BCUT2D eigenvalue weighted by Crippen LogP contribution is -2.28. The van der Waals surface area contributed by atoms with E-state index in [1.54, 1.807) is 6.07 Å². The molecule has 0 aromatic heterocycles. The Balaban J connectivity index is 1.74. The molecule has 0 spiro atoms. The summed E-state index contributed by atoms with van der Waals surface area (Å²) in [5, 5.41) is 0. The van der Waals surface area contributed by atoms with E-state index in [0.29, 0.717) is 19.6 Å². The van der Waals surface area contributed by atoms with Crippen molar-refractivity contribution in [2.45, 2.75) is 19.1 Å². The maximum atomic E-state index is 13.0. The molecule has 0 aliphatic heterocycles. The summed E-state index contributed by atoms with van der Waals surface area (Å²) in [6.45, 7) is 1.02. The minimum atomic E-state index is -0.227. The van der Waals surface area contributed by atoms with E-state index in [-0.39, 0.29) is 11.9 Å². The van der Waals surface area contributed by atoms with Gasteiger partial charge in [-0.25, -0.2) is 4.39 Å². The second-order valence-electron chi connectivity index (χ2n) is 4.59. The molecule has 0 bridgehead atoms. The van der Waals surface area contributed by atoms with Gasteiger partial charge in [0, 0.05) is 6.04 Å². The van der Waals surface area contributed by atoms with Crippen LogP contribution in [-0.4, -0.2) is 12.6 Å². The van der Waals surface area contributed by atoms with Gasteiger partial charge in [-0.3, -0.25) is 0 Å². The number of nitrogens with two attached hydrogens (primary N) is 1. The third kappa shape index (κ3) is 4.81. The van der Waals surface area contributed by atoms with Gasteiger partial charge in [0.05, 0.1) is 13.2 Å². The smallest absolute Gasteiger partial charge is 0.123 e. The first-order valence-corrected chi connectivity index (χ1v) is 6.36. The van der Waals surface area contributed by atoms with Gasteiger partial charge in [-0.05, 0) is 29.7 Å². The lowest BCUT2D eigenvalue weighted by molar-refractivity contribution is 0.108. The van der Waals surface area contributed by atoms with E-state index in [9.17, 15) is 4.39 Å². The molecule has 0 saturated heterocycles. The molecule has 0 aliphatic carbocycles. The standard InChI is InChI=1S/C16H18FNO/c17-15-8-4-7-14(9-15)10-16(18)12-19-11-13-5-2-1-3-6-13/h1-9,16H,10-12,18H2. The average Bonchev–Trinajstić information content (AvgIpc) is 2.40. The third-order valence-electron chi connectivity index (χ3n) is 2.83. The SMILES string of the molecule is NC(COCc1ccccc1)Cc1cccc(F)c1. The summed E-state index contributed by atoms with van der Waals surface area (Å²) >= 11 is 0. The molecular weight excluding hydrogens is 241 g/mol. The van der Waals surface area contributed by atoms with E-state index in [0.717, 1.165) is 11.1 Å². The molecule has 1 unspecified atom stereocenters. The van der Waals surface area contributed by atoms with Gasteiger partial charge in [0.2, 0.25) is 0 Å². The molecule has 2 rings (SSSR count). The number of hydrogen-bond acceptors (Lipinski definition) is 2. The van der Waals surface area contributed by atoms with Crippen LogP contribution in [-0.2, 0) is 17.8 Å². The van der Waals surface area contributed by atoms with Crippen LogP contribution < -0.4 is 5.73 Å². The molecule has 19 heavy (non-hydrogen) atoms. The van der Waals surface area contributed by atoms with Crippen molar-refractivity contribution in [3.8, 4) is 0 Å². The van der Waals surface area contributed by atoms with Crippen molar-refractivity contribution in [1.82, 2.24) is 0 Å². The molecule has 0 aliphatic rings. The molecule has 0 saturated carbocycles. The Bertz CT molecular complexity index is 501. The van der Waals surface area contributed by atoms with Gasteiger partial charge < -0.3 is 10.5 Å². The summed E-state index contributed by atoms with van der Waals surface area (Å²) in [6, 6.07) is 16.3. The molecule has 0 fully saturated rings. The fraction of sp³-hybridized carbons (Fsp3) is 0.250. The van der Waals surface area contributed by atoms with E-state index < -0.39 is 0 Å². The number of ether oxygens (including phenoxy) is 1. The predicted molar refractivity (Wildman–Crippen MR) is 74.2 cm³/mol. The predicted octanol–water partition coefficient (Wildman–Crippen LogP) is 2.91. The average molecular weight is 259 g/mol. The molecule has 0 amide bonds. The molecular formula is C16H18FNO. The molecule has 2 N–H and O–H groups in total. The minimum Gasteiger partial charge on any atom is -0.375 e. The first-order valence-electron chi connectivity index (χ1n) is 6.36. The fourth-order valence-electron chi connectivity index (χ4n) is 1.93. The number of benzene rings is 2. The Kier molecular flexibility index (Phi) is 5.07. The van der Waals surface area contributed by atoms with Crippen LogP contribution in [0, 0.1) is 5.82 Å². The van der Waals surface area contributed by atoms with Crippen LogP contribution in [0.5, 0.6) is 0 Å². The van der Waals surface area contributed by atoms with Gasteiger partial charge >= 0.3 is 0 Å². The maximum absolute atomic E-state index is 13.0. The normalized spacial score (nSPS) is 12.3. The second-order valence-corrected chi connectivity index (χ2v) is 4.59. The van der Waals surface area contributed by atoms with E-state index in [1.165, 1.54) is 12.1 Å². The topological polar surface area (TPSA) is 35.2 Å². The van der Waals surface area contributed by atoms with Crippen LogP contribution in [0.2, 0.25) is 0 Å². The Morgan fingerprint density at radius 1 is 1.00 bits per heavy atom. The van der Waals surface area contributed by atoms with Gasteiger partial charge in [0.1, 0.15) is 5.82 Å². The van der Waals surface area contributed by atoms with E-state index in [4.69, 9.17) is 10.5 Å². The van der Waals surface area contributed by atoms with Gasteiger partial charge in [0.25, 0.3) is 0 Å². The number of hydrogen-bond donors (Lipinski definition) is 1. The van der Waals surface area contributed by atoms with Crippen molar-refractivity contribution in [2.75, 3.05) is 6.61 Å². The molecule has 1 atom stereocenters. The largest absolute Gasteiger partial charge is 0.375 e. The summed E-state index contributed by atoms with van der Waals surface area (Å²) in [5.41, 5.74) is 8.00. The molecule has 0 heterocycles. The molecule has 100 valence electrons. The van der Waals surface area contributed by atoms with Crippen LogP contribution in [0.25, 0.3) is 0 Å². The number of rotatable bonds is 6.